The summed E-state index contributed by atoms with van der Waals surface area (Å²) in [6.45, 7) is 8.13. The van der Waals surface area contributed by atoms with Gasteiger partial charge in [-0.15, -0.1) is 0 Å². The van der Waals surface area contributed by atoms with E-state index in [0.717, 1.165) is 65.4 Å². The van der Waals surface area contributed by atoms with Gasteiger partial charge in [-0.25, -0.2) is 0 Å². The predicted octanol–water partition coefficient (Wildman–Crippen LogP) is 2.08. The first-order valence-corrected chi connectivity index (χ1v) is 11.2. The molecule has 0 amide bonds. The SMILES string of the molecule is O/N=C(/C(=N/O)N1CCN(Cc2ccccc2)CC1)N1CCN(Cc2ccccc2)CC1.[O-2].[Zn+2]. The van der Waals surface area contributed by atoms with Crippen molar-refractivity contribution in [2.45, 2.75) is 13.1 Å². The number of oxime groups is 2. The first-order chi connectivity index (χ1) is 15.8. The van der Waals surface area contributed by atoms with Crippen LogP contribution in [-0.4, -0.2) is 94.0 Å². The van der Waals surface area contributed by atoms with Gasteiger partial charge in [-0.1, -0.05) is 71.0 Å². The van der Waals surface area contributed by atoms with Gasteiger partial charge in [0.25, 0.3) is 0 Å². The molecule has 2 aromatic rings. The minimum atomic E-state index is 0. The molecule has 10 heteroatoms. The molecule has 2 aliphatic rings. The smallest absolute Gasteiger partial charge is 2.00 e. The number of benzene rings is 2. The number of rotatable bonds is 4. The van der Waals surface area contributed by atoms with Crippen molar-refractivity contribution in [3.8, 4) is 0 Å². The summed E-state index contributed by atoms with van der Waals surface area (Å²) in [4.78, 5) is 8.79. The zero-order valence-corrected chi connectivity index (χ0v) is 22.5. The van der Waals surface area contributed by atoms with E-state index < -0.39 is 0 Å². The van der Waals surface area contributed by atoms with Crippen LogP contribution in [0.3, 0.4) is 0 Å². The standard InChI is InChI=1S/C24H32N6O2.O.Zn/c31-25-23(29-15-11-27(12-16-29)19-21-7-3-1-4-8-21)24(26-32)30-17-13-28(14-18-30)20-22-9-5-2-6-10-22;;/h1-10,31-32H,11-20H2;;/q;-2;+2/b25-23-,26-24-;;. The second-order valence-electron chi connectivity index (χ2n) is 8.34. The molecule has 0 aliphatic carbocycles. The van der Waals surface area contributed by atoms with Crippen LogP contribution < -0.4 is 0 Å². The van der Waals surface area contributed by atoms with Gasteiger partial charge in [0.15, 0.2) is 0 Å². The minimum absolute atomic E-state index is 0. The summed E-state index contributed by atoms with van der Waals surface area (Å²) in [5.41, 5.74) is 2.59. The van der Waals surface area contributed by atoms with Crippen LogP contribution >= 0.6 is 0 Å². The topological polar surface area (TPSA) is 107 Å². The van der Waals surface area contributed by atoms with Crippen LogP contribution in [0.1, 0.15) is 11.1 Å². The van der Waals surface area contributed by atoms with Crippen molar-refractivity contribution in [1.82, 2.24) is 19.6 Å². The quantitative estimate of drug-likeness (QED) is 0.211. The molecule has 2 heterocycles. The molecule has 2 aliphatic heterocycles. The molecule has 0 unspecified atom stereocenters. The molecule has 2 saturated heterocycles. The van der Waals surface area contributed by atoms with Gasteiger partial charge in [-0.3, -0.25) is 9.80 Å². The van der Waals surface area contributed by atoms with Gasteiger partial charge in [0.05, 0.1) is 0 Å². The molecule has 0 bridgehead atoms. The van der Waals surface area contributed by atoms with E-state index in [0.29, 0.717) is 11.7 Å². The number of piperazine rings is 2. The molecule has 9 nitrogen and oxygen atoms in total. The van der Waals surface area contributed by atoms with Crippen LogP contribution in [0.4, 0.5) is 0 Å². The van der Waals surface area contributed by atoms with E-state index in [1.54, 1.807) is 0 Å². The third kappa shape index (κ3) is 7.24. The number of amidine groups is 2. The van der Waals surface area contributed by atoms with Gasteiger partial charge in [0.1, 0.15) is 0 Å². The summed E-state index contributed by atoms with van der Waals surface area (Å²) in [6.07, 6.45) is 0. The van der Waals surface area contributed by atoms with Crippen LogP contribution in [0.15, 0.2) is 71.0 Å². The minimum Gasteiger partial charge on any atom is -2.00 e. The van der Waals surface area contributed by atoms with Crippen molar-refractivity contribution in [2.24, 2.45) is 10.3 Å². The van der Waals surface area contributed by atoms with Crippen molar-refractivity contribution in [2.75, 3.05) is 52.4 Å². The molecule has 2 N–H and O–H groups in total. The Morgan fingerprint density at radius 2 is 0.912 bits per heavy atom. The second kappa shape index (κ2) is 14.0. The number of hydrogen-bond acceptors (Lipinski definition) is 6. The summed E-state index contributed by atoms with van der Waals surface area (Å²) in [5.74, 6) is 0.701. The largest absolute Gasteiger partial charge is 2.00 e. The van der Waals surface area contributed by atoms with E-state index >= 15 is 0 Å². The molecule has 0 radical (unpaired) electrons. The fourth-order valence-corrected chi connectivity index (χ4v) is 4.42. The Kier molecular flexibility index (Phi) is 11.4. The van der Waals surface area contributed by atoms with E-state index in [4.69, 9.17) is 0 Å². The Morgan fingerprint density at radius 3 is 1.21 bits per heavy atom. The summed E-state index contributed by atoms with van der Waals surface area (Å²) in [6, 6.07) is 20.9. The zero-order valence-electron chi connectivity index (χ0n) is 19.5. The van der Waals surface area contributed by atoms with Crippen molar-refractivity contribution in [1.29, 1.82) is 0 Å². The molecular weight excluding hydrogens is 486 g/mol. The number of hydrogen-bond donors (Lipinski definition) is 2. The molecular formula is C24H32N6O3Zn. The van der Waals surface area contributed by atoms with Crippen LogP contribution in [-0.2, 0) is 38.0 Å². The summed E-state index contributed by atoms with van der Waals surface area (Å²) in [5, 5.41) is 26.6. The van der Waals surface area contributed by atoms with E-state index in [1.807, 2.05) is 21.9 Å². The monoisotopic (exact) mass is 516 g/mol. The van der Waals surface area contributed by atoms with E-state index in [1.165, 1.54) is 11.1 Å². The molecule has 0 saturated carbocycles. The average Bonchev–Trinajstić information content (AvgIpc) is 2.85. The zero-order chi connectivity index (χ0) is 22.2. The average molecular weight is 518 g/mol. The molecule has 0 atom stereocenters. The summed E-state index contributed by atoms with van der Waals surface area (Å²) < 4.78 is 0. The third-order valence-corrected chi connectivity index (χ3v) is 6.23. The van der Waals surface area contributed by atoms with Crippen LogP contribution in [0, 0.1) is 0 Å². The maximum atomic E-state index is 9.76. The molecule has 0 spiro atoms. The third-order valence-electron chi connectivity index (χ3n) is 6.23. The van der Waals surface area contributed by atoms with Crippen molar-refractivity contribution in [3.05, 3.63) is 71.8 Å². The van der Waals surface area contributed by atoms with Crippen molar-refractivity contribution < 1.29 is 35.4 Å². The maximum absolute atomic E-state index is 9.76. The van der Waals surface area contributed by atoms with Crippen molar-refractivity contribution >= 4 is 11.7 Å². The molecule has 2 fully saturated rings. The Morgan fingerprint density at radius 1 is 0.588 bits per heavy atom. The fraction of sp³-hybridized carbons (Fsp3) is 0.417. The van der Waals surface area contributed by atoms with Crippen LogP contribution in [0.5, 0.6) is 0 Å². The van der Waals surface area contributed by atoms with E-state index in [2.05, 4.69) is 68.6 Å². The van der Waals surface area contributed by atoms with Crippen molar-refractivity contribution in [3.63, 3.8) is 0 Å². The van der Waals surface area contributed by atoms with Gasteiger partial charge in [-0.05, 0) is 11.1 Å². The Balaban J connectivity index is 0.00000204. The molecule has 2 aromatic carbocycles. The first kappa shape index (κ1) is 27.7. The molecule has 4 rings (SSSR count). The van der Waals surface area contributed by atoms with E-state index in [9.17, 15) is 10.4 Å². The summed E-state index contributed by atoms with van der Waals surface area (Å²) in [7, 11) is 0. The molecule has 178 valence electrons. The molecule has 34 heavy (non-hydrogen) atoms. The normalized spacial score (nSPS) is 18.2. The fourth-order valence-electron chi connectivity index (χ4n) is 4.42. The maximum Gasteiger partial charge on any atom is 2.00 e. The Bertz CT molecular complexity index is 824. The Labute approximate surface area is 214 Å². The van der Waals surface area contributed by atoms with Gasteiger partial charge in [-0.2, -0.15) is 0 Å². The van der Waals surface area contributed by atoms with Crippen LogP contribution in [0.2, 0.25) is 0 Å². The number of nitrogens with zero attached hydrogens (tertiary/aromatic N) is 6. The van der Waals surface area contributed by atoms with Gasteiger partial charge < -0.3 is 25.7 Å². The Hall–Kier alpha value is -2.52. The first-order valence-electron chi connectivity index (χ1n) is 11.2. The predicted molar refractivity (Wildman–Crippen MR) is 126 cm³/mol. The van der Waals surface area contributed by atoms with Gasteiger partial charge in [0.2, 0.25) is 11.7 Å². The second-order valence-corrected chi connectivity index (χ2v) is 8.34. The molecule has 0 aromatic heterocycles. The summed E-state index contributed by atoms with van der Waals surface area (Å²) >= 11 is 0. The van der Waals surface area contributed by atoms with Crippen LogP contribution in [0.25, 0.3) is 0 Å². The van der Waals surface area contributed by atoms with E-state index in [-0.39, 0.29) is 25.0 Å². The van der Waals surface area contributed by atoms with Gasteiger partial charge in [0, 0.05) is 65.4 Å². The van der Waals surface area contributed by atoms with Gasteiger partial charge >= 0.3 is 19.5 Å².